The Balaban J connectivity index is 1.95. The van der Waals surface area contributed by atoms with Gasteiger partial charge in [0.25, 0.3) is 0 Å². The van der Waals surface area contributed by atoms with Crippen LogP contribution >= 0.6 is 0 Å². The molecule has 1 fully saturated rings. The van der Waals surface area contributed by atoms with Crippen LogP contribution in [0, 0.1) is 5.92 Å². The van der Waals surface area contributed by atoms with Crippen LogP contribution in [-0.2, 0) is 11.2 Å². The van der Waals surface area contributed by atoms with Crippen molar-refractivity contribution in [2.75, 3.05) is 46.8 Å². The second-order valence-corrected chi connectivity index (χ2v) is 8.35. The maximum absolute atomic E-state index is 12.0. The maximum Gasteiger partial charge on any atom is 0.243 e. The minimum absolute atomic E-state index is 0.00920. The molecule has 2 rings (SSSR count). The predicted molar refractivity (Wildman–Crippen MR) is 118 cm³/mol. The molecule has 1 aromatic heterocycles. The first-order valence-corrected chi connectivity index (χ1v) is 11.0. The van der Waals surface area contributed by atoms with E-state index in [1.165, 1.54) is 38.8 Å². The summed E-state index contributed by atoms with van der Waals surface area (Å²) >= 11 is 0. The van der Waals surface area contributed by atoms with Crippen molar-refractivity contribution in [3.05, 3.63) is 24.2 Å². The van der Waals surface area contributed by atoms with E-state index >= 15 is 0 Å². The number of carbonyl (C=O) groups excluding carboxylic acids is 1. The second kappa shape index (κ2) is 12.5. The van der Waals surface area contributed by atoms with Crippen molar-refractivity contribution in [3.63, 3.8) is 0 Å². The van der Waals surface area contributed by atoms with Gasteiger partial charge < -0.3 is 20.0 Å². The molecule has 164 valence electrons. The lowest BCUT2D eigenvalue weighted by Gasteiger charge is -2.34. The molecule has 7 heteroatoms. The molecule has 0 aliphatic carbocycles. The Bertz CT molecular complexity index is 605. The van der Waals surface area contributed by atoms with Gasteiger partial charge in [-0.3, -0.25) is 9.69 Å². The number of nitrogens with zero attached hydrogens (tertiary/aromatic N) is 3. The number of carbonyl (C=O) groups is 1. The number of nitrogens with one attached hydrogen (secondary N) is 2. The van der Waals surface area contributed by atoms with Crippen LogP contribution in [0.25, 0.3) is 0 Å². The van der Waals surface area contributed by atoms with E-state index in [0.29, 0.717) is 24.5 Å². The molecule has 1 aliphatic rings. The highest BCUT2D eigenvalue weighted by molar-refractivity contribution is 5.84. The van der Waals surface area contributed by atoms with E-state index in [-0.39, 0.29) is 12.5 Å². The molecule has 0 radical (unpaired) electrons. The molecule has 0 bridgehead atoms. The van der Waals surface area contributed by atoms with Crippen molar-refractivity contribution >= 4 is 11.9 Å². The second-order valence-electron chi connectivity index (χ2n) is 8.35. The third kappa shape index (κ3) is 8.48. The Kier molecular flexibility index (Phi) is 10.0. The molecule has 1 amide bonds. The van der Waals surface area contributed by atoms with Crippen LogP contribution in [0.15, 0.2) is 27.8 Å². The Morgan fingerprint density at radius 1 is 1.21 bits per heavy atom. The number of rotatable bonds is 9. The van der Waals surface area contributed by atoms with Gasteiger partial charge in [0.2, 0.25) is 5.91 Å². The Hall–Kier alpha value is -2.02. The molecule has 1 saturated heterocycles. The first-order chi connectivity index (χ1) is 14.0. The highest BCUT2D eigenvalue weighted by Crippen LogP contribution is 2.17. The fourth-order valence-corrected chi connectivity index (χ4v) is 3.64. The van der Waals surface area contributed by atoms with Gasteiger partial charge in [-0.15, -0.1) is 0 Å². The van der Waals surface area contributed by atoms with Crippen molar-refractivity contribution < 1.29 is 9.21 Å². The van der Waals surface area contributed by atoms with E-state index < -0.39 is 0 Å². The maximum atomic E-state index is 12.0. The number of amides is 1. The molecule has 0 aromatic carbocycles. The molecule has 7 nitrogen and oxygen atoms in total. The quantitative estimate of drug-likeness (QED) is 0.487. The van der Waals surface area contributed by atoms with Gasteiger partial charge in [-0.2, -0.15) is 0 Å². The average Bonchev–Trinajstić information content (AvgIpc) is 3.06. The number of furan rings is 1. The number of hydrogen-bond acceptors (Lipinski definition) is 4. The monoisotopic (exact) mass is 405 g/mol. The third-order valence-corrected chi connectivity index (χ3v) is 5.47. The normalized spacial score (nSPS) is 17.1. The van der Waals surface area contributed by atoms with Crippen LogP contribution in [0.5, 0.6) is 0 Å². The summed E-state index contributed by atoms with van der Waals surface area (Å²) < 4.78 is 5.40. The SMILES string of the molecule is CC(C)C(CNC(=NCC(=O)N(C)C)NCCc1ccco1)N1CCCCCC1. The van der Waals surface area contributed by atoms with E-state index in [1.807, 2.05) is 12.1 Å². The van der Waals surface area contributed by atoms with Gasteiger partial charge in [0.05, 0.1) is 6.26 Å². The summed E-state index contributed by atoms with van der Waals surface area (Å²) in [6.07, 6.45) is 7.69. The summed E-state index contributed by atoms with van der Waals surface area (Å²) in [6, 6.07) is 4.32. The molecule has 2 heterocycles. The molecule has 1 unspecified atom stereocenters. The van der Waals surface area contributed by atoms with Crippen molar-refractivity contribution in [2.45, 2.75) is 52.0 Å². The van der Waals surface area contributed by atoms with E-state index in [1.54, 1.807) is 25.3 Å². The van der Waals surface area contributed by atoms with Crippen molar-refractivity contribution in [2.24, 2.45) is 10.9 Å². The van der Waals surface area contributed by atoms with Gasteiger partial charge in [-0.05, 0) is 44.0 Å². The predicted octanol–water partition coefficient (Wildman–Crippen LogP) is 2.35. The van der Waals surface area contributed by atoms with Gasteiger partial charge in [-0.1, -0.05) is 26.7 Å². The van der Waals surface area contributed by atoms with Crippen LogP contribution in [0.1, 0.15) is 45.3 Å². The molecule has 2 N–H and O–H groups in total. The molecular weight excluding hydrogens is 366 g/mol. The molecule has 29 heavy (non-hydrogen) atoms. The van der Waals surface area contributed by atoms with E-state index in [0.717, 1.165) is 18.7 Å². The largest absolute Gasteiger partial charge is 0.469 e. The van der Waals surface area contributed by atoms with E-state index in [9.17, 15) is 4.79 Å². The van der Waals surface area contributed by atoms with Gasteiger partial charge >= 0.3 is 0 Å². The van der Waals surface area contributed by atoms with Gasteiger partial charge in [0.15, 0.2) is 5.96 Å². The molecule has 1 aliphatic heterocycles. The van der Waals surface area contributed by atoms with Crippen LogP contribution < -0.4 is 10.6 Å². The average molecular weight is 406 g/mol. The summed E-state index contributed by atoms with van der Waals surface area (Å²) in [6.45, 7) is 8.57. The van der Waals surface area contributed by atoms with Crippen molar-refractivity contribution in [1.29, 1.82) is 0 Å². The fraction of sp³-hybridized carbons (Fsp3) is 0.727. The number of likely N-dealkylation sites (tertiary alicyclic amines) is 1. The van der Waals surface area contributed by atoms with E-state index in [2.05, 4.69) is 34.4 Å². The summed E-state index contributed by atoms with van der Waals surface area (Å²) in [5.41, 5.74) is 0. The van der Waals surface area contributed by atoms with Crippen molar-refractivity contribution in [3.8, 4) is 0 Å². The highest BCUT2D eigenvalue weighted by atomic mass is 16.3. The summed E-state index contributed by atoms with van der Waals surface area (Å²) in [5.74, 6) is 2.16. The van der Waals surface area contributed by atoms with Crippen LogP contribution in [-0.4, -0.2) is 74.5 Å². The zero-order valence-electron chi connectivity index (χ0n) is 18.6. The van der Waals surface area contributed by atoms with Gasteiger partial charge in [0.1, 0.15) is 12.3 Å². The third-order valence-electron chi connectivity index (χ3n) is 5.47. The smallest absolute Gasteiger partial charge is 0.243 e. The van der Waals surface area contributed by atoms with E-state index in [4.69, 9.17) is 4.42 Å². The molecule has 1 atom stereocenters. The Morgan fingerprint density at radius 2 is 1.93 bits per heavy atom. The lowest BCUT2D eigenvalue weighted by atomic mass is 10.0. The van der Waals surface area contributed by atoms with Crippen molar-refractivity contribution in [1.82, 2.24) is 20.4 Å². The van der Waals surface area contributed by atoms with Crippen LogP contribution in [0.4, 0.5) is 0 Å². The first kappa shape index (κ1) is 23.3. The first-order valence-electron chi connectivity index (χ1n) is 11.0. The summed E-state index contributed by atoms with van der Waals surface area (Å²) in [5, 5.41) is 6.84. The molecular formula is C22H39N5O2. The molecule has 0 saturated carbocycles. The standard InChI is InChI=1S/C22H39N5O2/c1-18(2)20(27-13-7-5-6-8-14-27)16-24-22(25-17-21(28)26(3)4)23-12-11-19-10-9-15-29-19/h9-10,15,18,20H,5-8,11-14,16-17H2,1-4H3,(H2,23,24,25). The summed E-state index contributed by atoms with van der Waals surface area (Å²) in [7, 11) is 3.51. The number of hydrogen-bond donors (Lipinski definition) is 2. The lowest BCUT2D eigenvalue weighted by molar-refractivity contribution is -0.127. The van der Waals surface area contributed by atoms with Gasteiger partial charge in [-0.25, -0.2) is 4.99 Å². The van der Waals surface area contributed by atoms with Gasteiger partial charge in [0, 0.05) is 39.6 Å². The highest BCUT2D eigenvalue weighted by Gasteiger charge is 2.23. The minimum atomic E-state index is -0.00920. The molecule has 0 spiro atoms. The zero-order chi connectivity index (χ0) is 21.1. The molecule has 1 aromatic rings. The van der Waals surface area contributed by atoms with Crippen LogP contribution in [0.3, 0.4) is 0 Å². The number of guanidine groups is 1. The summed E-state index contributed by atoms with van der Waals surface area (Å²) in [4.78, 5) is 20.7. The topological polar surface area (TPSA) is 73.1 Å². The number of aliphatic imine (C=N–C) groups is 1. The number of likely N-dealkylation sites (N-methyl/N-ethyl adjacent to an activating group) is 1. The van der Waals surface area contributed by atoms with Crippen LogP contribution in [0.2, 0.25) is 0 Å². The fourth-order valence-electron chi connectivity index (χ4n) is 3.64. The lowest BCUT2D eigenvalue weighted by Crippen LogP contribution is -2.50. The Morgan fingerprint density at radius 3 is 2.52 bits per heavy atom. The zero-order valence-corrected chi connectivity index (χ0v) is 18.6. The minimum Gasteiger partial charge on any atom is -0.469 e. The Labute approximate surface area is 175 Å².